The molecule has 33 heavy (non-hydrogen) atoms. The Morgan fingerprint density at radius 1 is 1.21 bits per heavy atom. The Morgan fingerprint density at radius 3 is 2.61 bits per heavy atom. The van der Waals surface area contributed by atoms with Gasteiger partial charge in [-0.15, -0.1) is 0 Å². The van der Waals surface area contributed by atoms with Crippen LogP contribution in [0, 0.1) is 6.57 Å². The highest BCUT2D eigenvalue weighted by atomic mass is 19.3. The number of halogens is 2. The zero-order chi connectivity index (χ0) is 23.6. The van der Waals surface area contributed by atoms with Crippen molar-refractivity contribution in [2.75, 3.05) is 5.32 Å². The molecule has 1 unspecified atom stereocenters. The number of nitrogens with one attached hydrogen (secondary N) is 2. The molecule has 1 aliphatic heterocycles. The van der Waals surface area contributed by atoms with Crippen molar-refractivity contribution >= 4 is 29.1 Å². The van der Waals surface area contributed by atoms with Gasteiger partial charge in [0.05, 0.1) is 6.57 Å². The van der Waals surface area contributed by atoms with Gasteiger partial charge in [-0.1, -0.05) is 30.3 Å². The summed E-state index contributed by atoms with van der Waals surface area (Å²) in [5.74, 6) is -4.31. The monoisotopic (exact) mass is 453 g/mol. The summed E-state index contributed by atoms with van der Waals surface area (Å²) in [4.78, 5) is 47.5. The lowest BCUT2D eigenvalue weighted by molar-refractivity contribution is -0.145. The van der Waals surface area contributed by atoms with Crippen LogP contribution in [0.4, 0.5) is 20.2 Å². The maximum Gasteiger partial charge on any atom is 0.252 e. The number of aromatic nitrogens is 1. The molecule has 0 bridgehead atoms. The number of nitrogens with zero attached hydrogens (tertiary/aromatic N) is 3. The molecule has 2 heterocycles. The maximum absolute atomic E-state index is 13.3. The minimum atomic E-state index is -2.81. The Balaban J connectivity index is 1.58. The highest BCUT2D eigenvalue weighted by Crippen LogP contribution is 2.38. The van der Waals surface area contributed by atoms with Crippen LogP contribution < -0.4 is 10.6 Å². The van der Waals surface area contributed by atoms with Crippen LogP contribution in [0.3, 0.4) is 0 Å². The fourth-order valence-electron chi connectivity index (χ4n) is 4.18. The molecule has 8 nitrogen and oxygen atoms in total. The number of pyridine rings is 1. The Hall–Kier alpha value is -3.87. The van der Waals surface area contributed by atoms with Gasteiger partial charge in [-0.05, 0) is 18.1 Å². The third-order valence-corrected chi connectivity index (χ3v) is 5.76. The molecule has 170 valence electrons. The van der Waals surface area contributed by atoms with Crippen molar-refractivity contribution in [3.05, 3.63) is 65.8 Å². The van der Waals surface area contributed by atoms with Crippen LogP contribution >= 0.6 is 0 Å². The summed E-state index contributed by atoms with van der Waals surface area (Å²) in [5.41, 5.74) is 1.02. The second-order valence-corrected chi connectivity index (χ2v) is 8.17. The Labute approximate surface area is 188 Å². The molecule has 2 aromatic rings. The zero-order valence-electron chi connectivity index (χ0n) is 17.5. The molecule has 10 heteroatoms. The fourth-order valence-corrected chi connectivity index (χ4v) is 4.18. The van der Waals surface area contributed by atoms with Crippen molar-refractivity contribution in [2.45, 2.75) is 49.7 Å². The first-order chi connectivity index (χ1) is 15.8. The lowest BCUT2D eigenvalue weighted by atomic mass is 9.87. The summed E-state index contributed by atoms with van der Waals surface area (Å²) >= 11 is 0. The second-order valence-electron chi connectivity index (χ2n) is 8.17. The molecule has 1 aliphatic carbocycles. The standard InChI is InChI=1S/C23H21F2N5O3/c1-26-15-9-16(13-27-12-15)28-21(32)18-7-8-19(31)30(18)20(14-5-3-2-4-6-14)22(33)29-17-10-23(24,25)11-17/h2-6,9,12-13,17-18,20H,7-8,10-11H2,(H,28,32)(H,29,33)/t18?,20-/m0/s1. The molecule has 0 radical (unpaired) electrons. The molecular formula is C23H21F2N5O3. The van der Waals surface area contributed by atoms with Crippen LogP contribution in [0.2, 0.25) is 0 Å². The molecule has 4 rings (SSSR count). The van der Waals surface area contributed by atoms with Gasteiger partial charge in [0.1, 0.15) is 12.1 Å². The Kier molecular flexibility index (Phi) is 6.05. The van der Waals surface area contributed by atoms with Gasteiger partial charge in [-0.2, -0.15) is 0 Å². The number of rotatable bonds is 6. The quantitative estimate of drug-likeness (QED) is 0.657. The van der Waals surface area contributed by atoms with Crippen LogP contribution in [0.5, 0.6) is 0 Å². The first-order valence-corrected chi connectivity index (χ1v) is 10.4. The first kappa shape index (κ1) is 22.3. The third-order valence-electron chi connectivity index (χ3n) is 5.76. The van der Waals surface area contributed by atoms with Crippen LogP contribution in [0.25, 0.3) is 4.85 Å². The van der Waals surface area contributed by atoms with Crippen molar-refractivity contribution in [1.82, 2.24) is 15.2 Å². The lowest BCUT2D eigenvalue weighted by Gasteiger charge is -2.38. The van der Waals surface area contributed by atoms with Crippen LogP contribution in [0.15, 0.2) is 48.8 Å². The smallest absolute Gasteiger partial charge is 0.252 e. The number of carbonyl (C=O) groups is 3. The Bertz CT molecular complexity index is 1110. The van der Waals surface area contributed by atoms with Crippen molar-refractivity contribution in [1.29, 1.82) is 0 Å². The number of amides is 3. The maximum atomic E-state index is 13.3. The molecule has 3 amide bonds. The fraction of sp³-hybridized carbons (Fsp3) is 0.348. The molecule has 1 saturated heterocycles. The normalized spacial score (nSPS) is 20.5. The summed E-state index contributed by atoms with van der Waals surface area (Å²) < 4.78 is 26.5. The minimum Gasteiger partial charge on any atom is -0.351 e. The summed E-state index contributed by atoms with van der Waals surface area (Å²) in [6, 6.07) is 7.13. The lowest BCUT2D eigenvalue weighted by Crippen LogP contribution is -2.55. The van der Waals surface area contributed by atoms with E-state index in [0.29, 0.717) is 11.3 Å². The number of hydrogen-bond acceptors (Lipinski definition) is 4. The van der Waals surface area contributed by atoms with Crippen molar-refractivity contribution in [3.63, 3.8) is 0 Å². The van der Waals surface area contributed by atoms with E-state index in [1.54, 1.807) is 30.3 Å². The summed E-state index contributed by atoms with van der Waals surface area (Å²) in [7, 11) is 0. The summed E-state index contributed by atoms with van der Waals surface area (Å²) in [6.45, 7) is 7.08. The van der Waals surface area contributed by atoms with Gasteiger partial charge in [0, 0.05) is 43.4 Å². The average Bonchev–Trinajstić information content (AvgIpc) is 3.15. The minimum absolute atomic E-state index is 0.0660. The topological polar surface area (TPSA) is 95.8 Å². The number of anilines is 1. The van der Waals surface area contributed by atoms with E-state index in [9.17, 15) is 23.2 Å². The molecule has 0 spiro atoms. The second kappa shape index (κ2) is 8.94. The average molecular weight is 453 g/mol. The van der Waals surface area contributed by atoms with Gasteiger partial charge in [-0.3, -0.25) is 19.4 Å². The van der Waals surface area contributed by atoms with Gasteiger partial charge in [0.15, 0.2) is 0 Å². The molecule has 1 saturated carbocycles. The zero-order valence-corrected chi connectivity index (χ0v) is 17.5. The van der Waals surface area contributed by atoms with Gasteiger partial charge < -0.3 is 15.5 Å². The number of benzene rings is 1. The van der Waals surface area contributed by atoms with E-state index in [0.717, 1.165) is 0 Å². The summed E-state index contributed by atoms with van der Waals surface area (Å²) in [5, 5.41) is 5.26. The predicted molar refractivity (Wildman–Crippen MR) is 114 cm³/mol. The van der Waals surface area contributed by atoms with E-state index in [-0.39, 0.29) is 24.4 Å². The summed E-state index contributed by atoms with van der Waals surface area (Å²) in [6.07, 6.45) is 2.08. The number of hydrogen-bond donors (Lipinski definition) is 2. The molecule has 2 fully saturated rings. The molecule has 1 aromatic carbocycles. The molecule has 2 N–H and O–H groups in total. The van der Waals surface area contributed by atoms with Gasteiger partial charge >= 0.3 is 0 Å². The van der Waals surface area contributed by atoms with Crippen LogP contribution in [-0.2, 0) is 14.4 Å². The number of carbonyl (C=O) groups excluding carboxylic acids is 3. The third kappa shape index (κ3) is 4.82. The van der Waals surface area contributed by atoms with E-state index in [4.69, 9.17) is 6.57 Å². The largest absolute Gasteiger partial charge is 0.351 e. The van der Waals surface area contributed by atoms with E-state index in [1.807, 2.05) is 0 Å². The SMILES string of the molecule is [C-]#[N+]c1cncc(NC(=O)C2CCC(=O)N2[C@H](C(=O)NC2CC(F)(F)C2)c2ccccc2)c1. The van der Waals surface area contributed by atoms with Crippen molar-refractivity contribution in [3.8, 4) is 0 Å². The van der Waals surface area contributed by atoms with Gasteiger partial charge in [0.2, 0.25) is 23.4 Å². The van der Waals surface area contributed by atoms with E-state index >= 15 is 0 Å². The Morgan fingerprint density at radius 2 is 1.94 bits per heavy atom. The molecule has 2 atom stereocenters. The number of alkyl halides is 2. The van der Waals surface area contributed by atoms with E-state index in [2.05, 4.69) is 20.5 Å². The number of likely N-dealkylation sites (tertiary alicyclic amines) is 1. The van der Waals surface area contributed by atoms with Gasteiger partial charge in [0.25, 0.3) is 5.92 Å². The highest BCUT2D eigenvalue weighted by molar-refractivity contribution is 6.01. The van der Waals surface area contributed by atoms with Crippen molar-refractivity contribution < 1.29 is 23.2 Å². The first-order valence-electron chi connectivity index (χ1n) is 10.4. The molecular weight excluding hydrogens is 432 g/mol. The van der Waals surface area contributed by atoms with Gasteiger partial charge in [-0.25, -0.2) is 13.6 Å². The highest BCUT2D eigenvalue weighted by Gasteiger charge is 2.48. The van der Waals surface area contributed by atoms with Crippen LogP contribution in [-0.4, -0.2) is 45.6 Å². The van der Waals surface area contributed by atoms with Crippen LogP contribution in [0.1, 0.15) is 37.3 Å². The molecule has 2 aliphatic rings. The molecule has 1 aromatic heterocycles. The van der Waals surface area contributed by atoms with Crippen molar-refractivity contribution in [2.24, 2.45) is 0 Å². The predicted octanol–water partition coefficient (Wildman–Crippen LogP) is 3.22. The van der Waals surface area contributed by atoms with E-state index < -0.39 is 48.7 Å². The van der Waals surface area contributed by atoms with E-state index in [1.165, 1.54) is 23.4 Å².